The summed E-state index contributed by atoms with van der Waals surface area (Å²) in [7, 11) is 0. The van der Waals surface area contributed by atoms with Crippen LogP contribution in [0.4, 0.5) is 5.69 Å². The highest BCUT2D eigenvalue weighted by Crippen LogP contribution is 2.16. The molecule has 7 nitrogen and oxygen atoms in total. The first-order chi connectivity index (χ1) is 12.1. The van der Waals surface area contributed by atoms with E-state index in [1.807, 2.05) is 37.3 Å². The Balaban J connectivity index is 1.51. The summed E-state index contributed by atoms with van der Waals surface area (Å²) in [4.78, 5) is 28.3. The molecular formula is C18H22N4O3. The summed E-state index contributed by atoms with van der Waals surface area (Å²) in [5, 5.41) is 6.50. The molecule has 2 amide bonds. The topological polar surface area (TPSA) is 78.7 Å². The van der Waals surface area contributed by atoms with E-state index >= 15 is 0 Å². The van der Waals surface area contributed by atoms with E-state index in [4.69, 9.17) is 4.52 Å². The van der Waals surface area contributed by atoms with Gasteiger partial charge in [0.15, 0.2) is 0 Å². The maximum atomic E-state index is 12.3. The van der Waals surface area contributed by atoms with Crippen LogP contribution in [0.1, 0.15) is 17.0 Å². The third kappa shape index (κ3) is 3.81. The predicted octanol–water partition coefficient (Wildman–Crippen LogP) is 1.26. The monoisotopic (exact) mass is 342 g/mol. The van der Waals surface area contributed by atoms with Crippen LogP contribution in [0.15, 0.2) is 34.9 Å². The number of anilines is 1. The van der Waals surface area contributed by atoms with E-state index < -0.39 is 11.8 Å². The zero-order valence-electron chi connectivity index (χ0n) is 14.5. The molecule has 1 saturated heterocycles. The second kappa shape index (κ2) is 7.38. The van der Waals surface area contributed by atoms with Gasteiger partial charge in [0.2, 0.25) is 0 Å². The van der Waals surface area contributed by atoms with Gasteiger partial charge in [-0.05, 0) is 26.0 Å². The average Bonchev–Trinajstić information content (AvgIpc) is 2.98. The fraction of sp³-hybridized carbons (Fsp3) is 0.389. The van der Waals surface area contributed by atoms with Gasteiger partial charge in [-0.3, -0.25) is 9.59 Å². The lowest BCUT2D eigenvalue weighted by atomic mass is 10.2. The number of aryl methyl sites for hydroxylation is 2. The molecule has 25 heavy (non-hydrogen) atoms. The molecule has 2 heterocycles. The minimum Gasteiger partial charge on any atom is -0.368 e. The van der Waals surface area contributed by atoms with Gasteiger partial charge in [-0.25, -0.2) is 0 Å². The lowest BCUT2D eigenvalue weighted by Gasteiger charge is -2.35. The quantitative estimate of drug-likeness (QED) is 0.850. The number of benzene rings is 1. The van der Waals surface area contributed by atoms with Gasteiger partial charge in [-0.2, -0.15) is 0 Å². The molecule has 0 unspecified atom stereocenters. The third-order valence-corrected chi connectivity index (χ3v) is 4.49. The maximum absolute atomic E-state index is 12.3. The largest absolute Gasteiger partial charge is 0.368 e. The predicted molar refractivity (Wildman–Crippen MR) is 93.1 cm³/mol. The summed E-state index contributed by atoms with van der Waals surface area (Å²) in [6.45, 7) is 6.34. The summed E-state index contributed by atoms with van der Waals surface area (Å²) in [5.74, 6) is -0.422. The molecule has 0 radical (unpaired) electrons. The van der Waals surface area contributed by atoms with Crippen LogP contribution in [0.2, 0.25) is 0 Å². The van der Waals surface area contributed by atoms with Crippen LogP contribution >= 0.6 is 0 Å². The molecule has 0 saturated carbocycles. The van der Waals surface area contributed by atoms with E-state index in [9.17, 15) is 9.59 Å². The fourth-order valence-corrected chi connectivity index (χ4v) is 2.95. The molecule has 0 aliphatic carbocycles. The Morgan fingerprint density at radius 1 is 1.12 bits per heavy atom. The van der Waals surface area contributed by atoms with Crippen LogP contribution in [0.3, 0.4) is 0 Å². The first-order valence-corrected chi connectivity index (χ1v) is 8.35. The molecule has 2 aromatic rings. The molecule has 1 N–H and O–H groups in total. The van der Waals surface area contributed by atoms with Gasteiger partial charge < -0.3 is 19.6 Å². The van der Waals surface area contributed by atoms with Crippen molar-refractivity contribution in [3.63, 3.8) is 0 Å². The lowest BCUT2D eigenvalue weighted by Crippen LogP contribution is -2.52. The number of carbonyl (C=O) groups is 2. The van der Waals surface area contributed by atoms with Crippen LogP contribution in [0.5, 0.6) is 0 Å². The van der Waals surface area contributed by atoms with Gasteiger partial charge in [0.25, 0.3) is 0 Å². The summed E-state index contributed by atoms with van der Waals surface area (Å²) in [6, 6.07) is 10.1. The zero-order chi connectivity index (χ0) is 17.8. The number of hydrogen-bond acceptors (Lipinski definition) is 5. The minimum atomic E-state index is -0.590. The van der Waals surface area contributed by atoms with Gasteiger partial charge in [0.1, 0.15) is 5.76 Å². The van der Waals surface area contributed by atoms with Gasteiger partial charge in [0.05, 0.1) is 5.69 Å². The number of aromatic nitrogens is 1. The Morgan fingerprint density at radius 3 is 2.40 bits per heavy atom. The second-order valence-corrected chi connectivity index (χ2v) is 6.10. The minimum absolute atomic E-state index is 0.246. The van der Waals surface area contributed by atoms with E-state index in [-0.39, 0.29) is 6.54 Å². The zero-order valence-corrected chi connectivity index (χ0v) is 14.5. The highest BCUT2D eigenvalue weighted by atomic mass is 16.5. The second-order valence-electron chi connectivity index (χ2n) is 6.10. The van der Waals surface area contributed by atoms with Crippen molar-refractivity contribution >= 4 is 17.5 Å². The number of hydrogen-bond donors (Lipinski definition) is 1. The first kappa shape index (κ1) is 17.0. The van der Waals surface area contributed by atoms with Gasteiger partial charge >= 0.3 is 11.8 Å². The fourth-order valence-electron chi connectivity index (χ4n) is 2.95. The molecule has 0 bridgehead atoms. The van der Waals surface area contributed by atoms with E-state index in [1.165, 1.54) is 0 Å². The Morgan fingerprint density at radius 2 is 1.80 bits per heavy atom. The van der Waals surface area contributed by atoms with Crippen LogP contribution < -0.4 is 10.2 Å². The molecule has 1 fully saturated rings. The van der Waals surface area contributed by atoms with Crippen LogP contribution in [-0.4, -0.2) is 48.0 Å². The Kier molecular flexibility index (Phi) is 5.02. The summed E-state index contributed by atoms with van der Waals surface area (Å²) in [6.07, 6.45) is 0. The van der Waals surface area contributed by atoms with Gasteiger partial charge in [-0.15, -0.1) is 0 Å². The van der Waals surface area contributed by atoms with Gasteiger partial charge in [-0.1, -0.05) is 23.4 Å². The number of carbonyl (C=O) groups excluding carboxylic acids is 2. The van der Waals surface area contributed by atoms with Crippen molar-refractivity contribution < 1.29 is 14.1 Å². The Hall–Kier alpha value is -2.83. The molecule has 1 aromatic heterocycles. The van der Waals surface area contributed by atoms with Crippen molar-refractivity contribution in [1.82, 2.24) is 15.4 Å². The smallest absolute Gasteiger partial charge is 0.312 e. The lowest BCUT2D eigenvalue weighted by molar-refractivity contribution is -0.146. The normalized spacial score (nSPS) is 14.5. The Bertz CT molecular complexity index is 729. The molecular weight excluding hydrogens is 320 g/mol. The first-order valence-electron chi connectivity index (χ1n) is 8.35. The van der Waals surface area contributed by atoms with E-state index in [1.54, 1.807) is 11.8 Å². The molecule has 1 aliphatic heterocycles. The van der Waals surface area contributed by atoms with Crippen LogP contribution in [0.25, 0.3) is 0 Å². The molecule has 7 heteroatoms. The maximum Gasteiger partial charge on any atom is 0.312 e. The van der Waals surface area contributed by atoms with Crippen molar-refractivity contribution in [2.75, 3.05) is 31.1 Å². The van der Waals surface area contributed by atoms with Crippen molar-refractivity contribution in [2.45, 2.75) is 20.4 Å². The number of rotatable bonds is 3. The SMILES string of the molecule is Cc1noc(C)c1CNC(=O)C(=O)N1CCN(c2ccccc2)CC1. The number of amides is 2. The third-order valence-electron chi connectivity index (χ3n) is 4.49. The number of piperazine rings is 1. The van der Waals surface area contributed by atoms with Crippen LogP contribution in [-0.2, 0) is 16.1 Å². The molecule has 0 atom stereocenters. The van der Waals surface area contributed by atoms with Gasteiger partial charge in [0, 0.05) is 44.0 Å². The van der Waals surface area contributed by atoms with E-state index in [2.05, 4.69) is 15.4 Å². The standard InChI is InChI=1S/C18H22N4O3/c1-13-16(14(2)25-20-13)12-19-17(23)18(24)22-10-8-21(9-11-22)15-6-4-3-5-7-15/h3-7H,8-12H2,1-2H3,(H,19,23). The van der Waals surface area contributed by atoms with Crippen molar-refractivity contribution in [3.8, 4) is 0 Å². The number of nitrogens with zero attached hydrogens (tertiary/aromatic N) is 3. The van der Waals surface area contributed by atoms with E-state index in [0.29, 0.717) is 31.9 Å². The molecule has 3 rings (SSSR count). The number of nitrogens with one attached hydrogen (secondary N) is 1. The molecule has 1 aliphatic rings. The van der Waals surface area contributed by atoms with E-state index in [0.717, 1.165) is 16.9 Å². The Labute approximate surface area is 146 Å². The molecule has 132 valence electrons. The van der Waals surface area contributed by atoms with Crippen molar-refractivity contribution in [2.24, 2.45) is 0 Å². The summed E-state index contributed by atoms with van der Waals surface area (Å²) >= 11 is 0. The highest BCUT2D eigenvalue weighted by Gasteiger charge is 2.26. The van der Waals surface area contributed by atoms with Crippen molar-refractivity contribution in [3.05, 3.63) is 47.3 Å². The number of para-hydroxylation sites is 1. The molecule has 0 spiro atoms. The highest BCUT2D eigenvalue weighted by molar-refractivity contribution is 6.35. The summed E-state index contributed by atoms with van der Waals surface area (Å²) < 4.78 is 5.06. The molecule has 1 aromatic carbocycles. The average molecular weight is 342 g/mol. The summed E-state index contributed by atoms with van der Waals surface area (Å²) in [5.41, 5.74) is 2.68. The van der Waals surface area contributed by atoms with Crippen LogP contribution in [0, 0.1) is 13.8 Å². The van der Waals surface area contributed by atoms with Crippen molar-refractivity contribution in [1.29, 1.82) is 0 Å².